The fourth-order valence-electron chi connectivity index (χ4n) is 2.82. The Hall–Kier alpha value is -3.02. The van der Waals surface area contributed by atoms with Gasteiger partial charge in [-0.15, -0.1) is 0 Å². The van der Waals surface area contributed by atoms with Crippen molar-refractivity contribution in [3.8, 4) is 11.5 Å². The minimum atomic E-state index is -0.850. The van der Waals surface area contributed by atoms with Crippen LogP contribution in [-0.2, 0) is 14.9 Å². The van der Waals surface area contributed by atoms with Crippen molar-refractivity contribution >= 4 is 17.6 Å². The first-order chi connectivity index (χ1) is 12.9. The standard InChI is InChI=1S/C21H23NO5/c1-4-25-19(23)15-7-5-6-8-16(15)22-20(24)21(2,3)14-9-10-17-18(13-14)27-12-11-26-17/h5-10,13H,4,11-12H2,1-3H3,(H,22,24). The summed E-state index contributed by atoms with van der Waals surface area (Å²) in [6.45, 7) is 6.65. The van der Waals surface area contributed by atoms with E-state index in [0.717, 1.165) is 5.56 Å². The van der Waals surface area contributed by atoms with Crippen LogP contribution in [0.4, 0.5) is 5.69 Å². The van der Waals surface area contributed by atoms with E-state index in [0.29, 0.717) is 36.0 Å². The van der Waals surface area contributed by atoms with Crippen LogP contribution in [0.5, 0.6) is 11.5 Å². The summed E-state index contributed by atoms with van der Waals surface area (Å²) in [4.78, 5) is 25.1. The Labute approximate surface area is 158 Å². The summed E-state index contributed by atoms with van der Waals surface area (Å²) < 4.78 is 16.2. The van der Waals surface area contributed by atoms with Crippen LogP contribution in [0.1, 0.15) is 36.7 Å². The van der Waals surface area contributed by atoms with Crippen LogP contribution in [0.2, 0.25) is 0 Å². The normalized spacial score (nSPS) is 13.0. The molecule has 6 nitrogen and oxygen atoms in total. The number of amides is 1. The van der Waals surface area contributed by atoms with Crippen LogP contribution in [0.15, 0.2) is 42.5 Å². The van der Waals surface area contributed by atoms with Gasteiger partial charge in [-0.3, -0.25) is 4.79 Å². The number of anilines is 1. The molecule has 3 rings (SSSR count). The van der Waals surface area contributed by atoms with Crippen molar-refractivity contribution in [1.82, 2.24) is 0 Å². The summed E-state index contributed by atoms with van der Waals surface area (Å²) in [6, 6.07) is 12.3. The zero-order valence-corrected chi connectivity index (χ0v) is 15.7. The SMILES string of the molecule is CCOC(=O)c1ccccc1NC(=O)C(C)(C)c1ccc2c(c1)OCCO2. The second kappa shape index (κ2) is 7.70. The van der Waals surface area contributed by atoms with Crippen molar-refractivity contribution in [2.24, 2.45) is 0 Å². The lowest BCUT2D eigenvalue weighted by Crippen LogP contribution is -2.35. The third-order valence-electron chi connectivity index (χ3n) is 4.50. The van der Waals surface area contributed by atoms with Crippen molar-refractivity contribution in [3.05, 3.63) is 53.6 Å². The van der Waals surface area contributed by atoms with Crippen LogP contribution < -0.4 is 14.8 Å². The second-order valence-corrected chi connectivity index (χ2v) is 6.70. The van der Waals surface area contributed by atoms with Crippen molar-refractivity contribution in [2.45, 2.75) is 26.2 Å². The smallest absolute Gasteiger partial charge is 0.340 e. The molecule has 0 saturated heterocycles. The second-order valence-electron chi connectivity index (χ2n) is 6.70. The fourth-order valence-corrected chi connectivity index (χ4v) is 2.82. The summed E-state index contributed by atoms with van der Waals surface area (Å²) in [7, 11) is 0. The Morgan fingerprint density at radius 3 is 2.52 bits per heavy atom. The van der Waals surface area contributed by atoms with Crippen LogP contribution in [0.25, 0.3) is 0 Å². The van der Waals surface area contributed by atoms with Gasteiger partial charge in [-0.25, -0.2) is 4.79 Å². The molecule has 2 aromatic rings. The monoisotopic (exact) mass is 369 g/mol. The molecule has 1 N–H and O–H groups in total. The molecule has 0 fully saturated rings. The number of fused-ring (bicyclic) bond motifs is 1. The molecule has 1 aliphatic rings. The third kappa shape index (κ3) is 3.89. The molecule has 6 heteroatoms. The minimum absolute atomic E-state index is 0.240. The molecule has 1 aliphatic heterocycles. The van der Waals surface area contributed by atoms with Gasteiger partial charge in [0.05, 0.1) is 23.3 Å². The van der Waals surface area contributed by atoms with Crippen molar-refractivity contribution in [2.75, 3.05) is 25.1 Å². The Morgan fingerprint density at radius 1 is 1.07 bits per heavy atom. The number of para-hydroxylation sites is 1. The lowest BCUT2D eigenvalue weighted by atomic mass is 9.83. The molecule has 0 radical (unpaired) electrons. The van der Waals surface area contributed by atoms with Gasteiger partial charge in [-0.2, -0.15) is 0 Å². The van der Waals surface area contributed by atoms with Crippen molar-refractivity contribution < 1.29 is 23.8 Å². The summed E-state index contributed by atoms with van der Waals surface area (Å²) in [5, 5.41) is 2.86. The Bertz CT molecular complexity index is 859. The summed E-state index contributed by atoms with van der Waals surface area (Å²) in [5.41, 5.74) is 0.688. The molecule has 0 spiro atoms. The number of nitrogens with one attached hydrogen (secondary N) is 1. The molecular formula is C21H23NO5. The van der Waals surface area contributed by atoms with E-state index in [9.17, 15) is 9.59 Å². The van der Waals surface area contributed by atoms with Crippen LogP contribution in [-0.4, -0.2) is 31.7 Å². The van der Waals surface area contributed by atoms with E-state index in [1.807, 2.05) is 32.0 Å². The van der Waals surface area contributed by atoms with Gasteiger partial charge < -0.3 is 19.5 Å². The zero-order valence-electron chi connectivity index (χ0n) is 15.7. The predicted octanol–water partition coefficient (Wildman–Crippen LogP) is 3.55. The summed E-state index contributed by atoms with van der Waals surface area (Å²) in [5.74, 6) is 0.599. The number of carbonyl (C=O) groups excluding carboxylic acids is 2. The van der Waals surface area contributed by atoms with E-state index < -0.39 is 11.4 Å². The molecule has 142 valence electrons. The van der Waals surface area contributed by atoms with Gasteiger partial charge in [0.2, 0.25) is 5.91 Å². The maximum Gasteiger partial charge on any atom is 0.340 e. The number of esters is 1. The molecule has 27 heavy (non-hydrogen) atoms. The Balaban J connectivity index is 1.84. The first-order valence-corrected chi connectivity index (χ1v) is 8.91. The average Bonchev–Trinajstić information content (AvgIpc) is 2.68. The predicted molar refractivity (Wildman–Crippen MR) is 101 cm³/mol. The van der Waals surface area contributed by atoms with Crippen LogP contribution in [0, 0.1) is 0 Å². The number of carbonyl (C=O) groups is 2. The molecule has 0 atom stereocenters. The van der Waals surface area contributed by atoms with Crippen LogP contribution >= 0.6 is 0 Å². The van der Waals surface area contributed by atoms with Gasteiger partial charge in [0.1, 0.15) is 13.2 Å². The largest absolute Gasteiger partial charge is 0.486 e. The molecule has 0 aliphatic carbocycles. The molecule has 1 heterocycles. The van der Waals surface area contributed by atoms with Gasteiger partial charge >= 0.3 is 5.97 Å². The van der Waals surface area contributed by atoms with Crippen molar-refractivity contribution in [1.29, 1.82) is 0 Å². The van der Waals surface area contributed by atoms with Gasteiger partial charge in [-0.1, -0.05) is 18.2 Å². The van der Waals surface area contributed by atoms with E-state index in [1.54, 1.807) is 31.2 Å². The van der Waals surface area contributed by atoms with E-state index in [4.69, 9.17) is 14.2 Å². The van der Waals surface area contributed by atoms with Gasteiger partial charge in [-0.05, 0) is 50.6 Å². The summed E-state index contributed by atoms with van der Waals surface area (Å²) in [6.07, 6.45) is 0. The molecule has 2 aromatic carbocycles. The van der Waals surface area contributed by atoms with Gasteiger partial charge in [0.25, 0.3) is 0 Å². The Kier molecular flexibility index (Phi) is 5.35. The topological polar surface area (TPSA) is 73.9 Å². The number of ether oxygens (including phenoxy) is 3. The highest BCUT2D eigenvalue weighted by Gasteiger charge is 2.32. The molecular weight excluding hydrogens is 346 g/mol. The quantitative estimate of drug-likeness (QED) is 0.816. The first kappa shape index (κ1) is 18.8. The maximum atomic E-state index is 13.0. The van der Waals surface area contributed by atoms with E-state index >= 15 is 0 Å². The lowest BCUT2D eigenvalue weighted by Gasteiger charge is -2.27. The Morgan fingerprint density at radius 2 is 1.78 bits per heavy atom. The molecule has 0 saturated carbocycles. The summed E-state index contributed by atoms with van der Waals surface area (Å²) >= 11 is 0. The highest BCUT2D eigenvalue weighted by atomic mass is 16.6. The fraction of sp³-hybridized carbons (Fsp3) is 0.333. The molecule has 0 aromatic heterocycles. The van der Waals surface area contributed by atoms with Crippen LogP contribution in [0.3, 0.4) is 0 Å². The molecule has 0 unspecified atom stereocenters. The maximum absolute atomic E-state index is 13.0. The number of rotatable bonds is 5. The van der Waals surface area contributed by atoms with Crippen molar-refractivity contribution in [3.63, 3.8) is 0 Å². The highest BCUT2D eigenvalue weighted by Crippen LogP contribution is 2.35. The van der Waals surface area contributed by atoms with E-state index in [2.05, 4.69) is 5.32 Å². The van der Waals surface area contributed by atoms with E-state index in [1.165, 1.54) is 0 Å². The van der Waals surface area contributed by atoms with Gasteiger partial charge in [0.15, 0.2) is 11.5 Å². The highest BCUT2D eigenvalue weighted by molar-refractivity contribution is 6.04. The number of hydrogen-bond donors (Lipinski definition) is 1. The van der Waals surface area contributed by atoms with Gasteiger partial charge in [0, 0.05) is 0 Å². The zero-order chi connectivity index (χ0) is 19.4. The third-order valence-corrected chi connectivity index (χ3v) is 4.50. The number of hydrogen-bond acceptors (Lipinski definition) is 5. The van der Waals surface area contributed by atoms with E-state index in [-0.39, 0.29) is 12.5 Å². The molecule has 0 bridgehead atoms. The lowest BCUT2D eigenvalue weighted by molar-refractivity contribution is -0.120. The first-order valence-electron chi connectivity index (χ1n) is 8.91. The number of benzene rings is 2. The molecule has 1 amide bonds. The minimum Gasteiger partial charge on any atom is -0.486 e. The average molecular weight is 369 g/mol.